The fourth-order valence-corrected chi connectivity index (χ4v) is 3.98. The molecular weight excluding hydrogens is 546 g/mol. The van der Waals surface area contributed by atoms with Crippen molar-refractivity contribution < 1.29 is 19.7 Å². The molecule has 2 N–H and O–H groups in total. The first-order chi connectivity index (χ1) is 11.9. The molecular formula is C19H22I2O4. The number of rotatable bonds is 8. The minimum Gasteiger partial charge on any atom is -0.508 e. The van der Waals surface area contributed by atoms with E-state index in [0.717, 1.165) is 31.1 Å². The Hall–Kier alpha value is -0.580. The second-order valence-electron chi connectivity index (χ2n) is 5.87. The van der Waals surface area contributed by atoms with Crippen LogP contribution in [0.5, 0.6) is 11.5 Å². The van der Waals surface area contributed by atoms with Crippen molar-refractivity contribution in [3.8, 4) is 11.5 Å². The molecule has 0 amide bonds. The molecule has 2 aromatic carbocycles. The normalized spacial score (nSPS) is 11.7. The minimum absolute atomic E-state index is 0.269. The van der Waals surface area contributed by atoms with Gasteiger partial charge in [0, 0.05) is 34.2 Å². The van der Waals surface area contributed by atoms with Crippen LogP contribution in [-0.2, 0) is 22.3 Å². The molecule has 25 heavy (non-hydrogen) atoms. The van der Waals surface area contributed by atoms with Gasteiger partial charge in [-0.2, -0.15) is 0 Å². The third kappa shape index (κ3) is 5.70. The summed E-state index contributed by atoms with van der Waals surface area (Å²) >= 11 is 4.54. The van der Waals surface area contributed by atoms with Crippen LogP contribution in [0.25, 0.3) is 0 Å². The highest BCUT2D eigenvalue weighted by atomic mass is 127. The van der Waals surface area contributed by atoms with Crippen LogP contribution in [0.3, 0.4) is 0 Å². The van der Waals surface area contributed by atoms with Crippen LogP contribution < -0.4 is 0 Å². The quantitative estimate of drug-likeness (QED) is 0.353. The second-order valence-corrected chi connectivity index (χ2v) is 8.19. The Morgan fingerprint density at radius 2 is 1.20 bits per heavy atom. The molecule has 0 aliphatic rings. The summed E-state index contributed by atoms with van der Waals surface area (Å²) in [6.45, 7) is 0. The van der Waals surface area contributed by atoms with Gasteiger partial charge in [-0.15, -0.1) is 0 Å². The lowest BCUT2D eigenvalue weighted by atomic mass is 9.97. The van der Waals surface area contributed by atoms with E-state index in [2.05, 4.69) is 45.2 Å². The van der Waals surface area contributed by atoms with Gasteiger partial charge in [0.2, 0.25) is 0 Å². The molecule has 2 aromatic rings. The van der Waals surface area contributed by atoms with E-state index in [1.165, 1.54) is 0 Å². The second kappa shape index (κ2) is 9.38. The number of hydrogen-bond donors (Lipinski definition) is 2. The van der Waals surface area contributed by atoms with E-state index in [1.54, 1.807) is 38.5 Å². The molecule has 0 unspecified atom stereocenters. The van der Waals surface area contributed by atoms with Crippen molar-refractivity contribution in [1.29, 1.82) is 0 Å². The highest BCUT2D eigenvalue weighted by Crippen LogP contribution is 2.29. The highest BCUT2D eigenvalue weighted by Gasteiger charge is 2.29. The molecule has 0 aliphatic carbocycles. The van der Waals surface area contributed by atoms with Crippen molar-refractivity contribution in [2.45, 2.75) is 31.5 Å². The molecule has 0 saturated carbocycles. The van der Waals surface area contributed by atoms with Gasteiger partial charge >= 0.3 is 0 Å². The Balaban J connectivity index is 2.09. The van der Waals surface area contributed by atoms with Gasteiger partial charge in [-0.3, -0.25) is 0 Å². The molecule has 2 rings (SSSR count). The number of hydrogen-bond acceptors (Lipinski definition) is 4. The zero-order valence-corrected chi connectivity index (χ0v) is 18.6. The summed E-state index contributed by atoms with van der Waals surface area (Å²) in [6, 6.07) is 10.8. The zero-order valence-electron chi connectivity index (χ0n) is 14.3. The van der Waals surface area contributed by atoms with Crippen LogP contribution in [0.15, 0.2) is 36.4 Å². The molecule has 0 saturated heterocycles. The monoisotopic (exact) mass is 568 g/mol. The van der Waals surface area contributed by atoms with Gasteiger partial charge < -0.3 is 19.7 Å². The lowest BCUT2D eigenvalue weighted by Gasteiger charge is -2.31. The van der Waals surface area contributed by atoms with Gasteiger partial charge in [0.05, 0.1) is 0 Å². The summed E-state index contributed by atoms with van der Waals surface area (Å²) in [5.74, 6) is -0.168. The predicted molar refractivity (Wildman–Crippen MR) is 115 cm³/mol. The molecule has 0 heterocycles. The molecule has 0 bridgehead atoms. The molecule has 0 fully saturated rings. The maximum absolute atomic E-state index is 9.70. The van der Waals surface area contributed by atoms with Gasteiger partial charge in [-0.1, -0.05) is 0 Å². The number of aryl methyl sites for hydroxylation is 2. The molecule has 136 valence electrons. The van der Waals surface area contributed by atoms with Crippen molar-refractivity contribution in [2.75, 3.05) is 14.2 Å². The van der Waals surface area contributed by atoms with Gasteiger partial charge in [0.15, 0.2) is 5.79 Å². The first-order valence-corrected chi connectivity index (χ1v) is 10.1. The van der Waals surface area contributed by atoms with E-state index in [4.69, 9.17) is 9.47 Å². The average molecular weight is 568 g/mol. The third-order valence-electron chi connectivity index (χ3n) is 4.35. The first kappa shape index (κ1) is 20.7. The van der Waals surface area contributed by atoms with Crippen LogP contribution in [-0.4, -0.2) is 30.2 Å². The third-order valence-corrected chi connectivity index (χ3v) is 6.46. The van der Waals surface area contributed by atoms with Crippen LogP contribution in [0.2, 0.25) is 0 Å². The number of halogens is 2. The van der Waals surface area contributed by atoms with Crippen molar-refractivity contribution >= 4 is 45.2 Å². The molecule has 0 aromatic heterocycles. The number of benzene rings is 2. The number of phenols is 2. The maximum Gasteiger partial charge on any atom is 0.168 e. The van der Waals surface area contributed by atoms with Crippen molar-refractivity contribution in [3.05, 3.63) is 54.7 Å². The number of phenolic OH excluding ortho intramolecular Hbond substituents is 2. The highest BCUT2D eigenvalue weighted by molar-refractivity contribution is 14.1. The summed E-state index contributed by atoms with van der Waals surface area (Å²) in [5, 5.41) is 19.4. The van der Waals surface area contributed by atoms with E-state index in [-0.39, 0.29) is 11.5 Å². The summed E-state index contributed by atoms with van der Waals surface area (Å²) in [5.41, 5.74) is 2.15. The van der Waals surface area contributed by atoms with Crippen LogP contribution in [0, 0.1) is 7.14 Å². The topological polar surface area (TPSA) is 58.9 Å². The van der Waals surface area contributed by atoms with E-state index in [0.29, 0.717) is 12.8 Å². The Morgan fingerprint density at radius 1 is 0.800 bits per heavy atom. The molecule has 0 aliphatic heterocycles. The number of methoxy groups -OCH3 is 2. The summed E-state index contributed by atoms with van der Waals surface area (Å²) in [4.78, 5) is 0. The van der Waals surface area contributed by atoms with Crippen LogP contribution in [0.1, 0.15) is 24.0 Å². The Labute approximate surface area is 175 Å². The molecule has 4 nitrogen and oxygen atoms in total. The van der Waals surface area contributed by atoms with Crippen molar-refractivity contribution in [1.82, 2.24) is 0 Å². The maximum atomic E-state index is 9.70. The minimum atomic E-state index is -0.705. The van der Waals surface area contributed by atoms with Gasteiger partial charge in [0.1, 0.15) is 11.5 Å². The molecule has 6 heteroatoms. The first-order valence-electron chi connectivity index (χ1n) is 7.94. The van der Waals surface area contributed by atoms with Gasteiger partial charge in [-0.25, -0.2) is 0 Å². The SMILES string of the molecule is COC(CCc1cc(O)ccc1I)(CCc1cc(O)ccc1I)OC. The van der Waals surface area contributed by atoms with E-state index < -0.39 is 5.79 Å². The lowest BCUT2D eigenvalue weighted by Crippen LogP contribution is -2.35. The Bertz CT molecular complexity index is 657. The van der Waals surface area contributed by atoms with Crippen LogP contribution in [0.4, 0.5) is 0 Å². The van der Waals surface area contributed by atoms with Gasteiger partial charge in [-0.05, 0) is 106 Å². The van der Waals surface area contributed by atoms with Crippen molar-refractivity contribution in [3.63, 3.8) is 0 Å². The smallest absolute Gasteiger partial charge is 0.168 e. The Kier molecular flexibility index (Phi) is 7.78. The van der Waals surface area contributed by atoms with E-state index >= 15 is 0 Å². The van der Waals surface area contributed by atoms with E-state index in [1.807, 2.05) is 12.1 Å². The zero-order chi connectivity index (χ0) is 18.4. The fraction of sp³-hybridized carbons (Fsp3) is 0.368. The summed E-state index contributed by atoms with van der Waals surface area (Å²) in [6.07, 6.45) is 2.83. The number of aromatic hydroxyl groups is 2. The largest absolute Gasteiger partial charge is 0.508 e. The lowest BCUT2D eigenvalue weighted by molar-refractivity contribution is -0.214. The molecule has 0 radical (unpaired) electrons. The standard InChI is InChI=1S/C19H22I2O4/c1-24-19(25-2,9-7-13-11-15(22)3-5-17(13)20)10-8-14-12-16(23)4-6-18(14)21/h3-6,11-12,22-23H,7-10H2,1-2H3. The van der Waals surface area contributed by atoms with Gasteiger partial charge in [0.25, 0.3) is 0 Å². The van der Waals surface area contributed by atoms with Crippen molar-refractivity contribution in [2.24, 2.45) is 0 Å². The predicted octanol–water partition coefficient (Wildman–Crippen LogP) is 4.86. The number of ether oxygens (including phenoxy) is 2. The van der Waals surface area contributed by atoms with Crippen LogP contribution >= 0.6 is 45.2 Å². The molecule has 0 atom stereocenters. The Morgan fingerprint density at radius 3 is 1.56 bits per heavy atom. The summed E-state index contributed by atoms with van der Waals surface area (Å²) in [7, 11) is 3.31. The fourth-order valence-electron chi connectivity index (χ4n) is 2.77. The molecule has 0 spiro atoms. The summed E-state index contributed by atoms with van der Waals surface area (Å²) < 4.78 is 13.7. The van der Waals surface area contributed by atoms with E-state index in [9.17, 15) is 10.2 Å². The average Bonchev–Trinajstić information content (AvgIpc) is 2.61.